The van der Waals surface area contributed by atoms with Gasteiger partial charge in [-0.1, -0.05) is 19.9 Å². The van der Waals surface area contributed by atoms with E-state index in [4.69, 9.17) is 0 Å². The van der Waals surface area contributed by atoms with Crippen LogP contribution in [0.5, 0.6) is 0 Å². The van der Waals surface area contributed by atoms with Gasteiger partial charge in [-0.2, -0.15) is 4.98 Å². The van der Waals surface area contributed by atoms with Gasteiger partial charge in [-0.25, -0.2) is 4.52 Å². The molecule has 2 aromatic heterocycles. The van der Waals surface area contributed by atoms with E-state index in [9.17, 15) is 0 Å². The summed E-state index contributed by atoms with van der Waals surface area (Å²) < 4.78 is 1.84. The van der Waals surface area contributed by atoms with Crippen LogP contribution in [0.4, 0.5) is 5.95 Å². The molecule has 2 aromatic rings. The molecule has 0 atom stereocenters. The number of hydrogen-bond donors (Lipinski definition) is 1. The van der Waals surface area contributed by atoms with Crippen LogP contribution in [0.1, 0.15) is 32.3 Å². The maximum absolute atomic E-state index is 4.54. The number of nitrogens with zero attached hydrogens (tertiary/aromatic N) is 3. The third-order valence-electron chi connectivity index (χ3n) is 4.27. The summed E-state index contributed by atoms with van der Waals surface area (Å²) in [6.07, 6.45) is 4.59. The van der Waals surface area contributed by atoms with Crippen molar-refractivity contribution in [3.05, 3.63) is 23.9 Å². The molecule has 18 heavy (non-hydrogen) atoms. The maximum Gasteiger partial charge on any atom is 0.243 e. The van der Waals surface area contributed by atoms with Crippen LogP contribution in [0.15, 0.2) is 18.3 Å². The first kappa shape index (κ1) is 11.5. The lowest BCUT2D eigenvalue weighted by molar-refractivity contribution is 0.379. The molecule has 3 rings (SSSR count). The molecule has 0 spiro atoms. The fourth-order valence-corrected chi connectivity index (χ4v) is 2.49. The summed E-state index contributed by atoms with van der Waals surface area (Å²) in [5.74, 6) is 1.47. The van der Waals surface area contributed by atoms with Gasteiger partial charge in [-0.3, -0.25) is 0 Å². The summed E-state index contributed by atoms with van der Waals surface area (Å²) in [5, 5.41) is 7.86. The van der Waals surface area contributed by atoms with Crippen LogP contribution >= 0.6 is 0 Å². The van der Waals surface area contributed by atoms with Gasteiger partial charge in [0.15, 0.2) is 5.65 Å². The first-order valence-corrected chi connectivity index (χ1v) is 6.67. The first-order valence-electron chi connectivity index (χ1n) is 6.67. The molecule has 1 fully saturated rings. The zero-order valence-corrected chi connectivity index (χ0v) is 11.3. The number of nitrogens with one attached hydrogen (secondary N) is 1. The van der Waals surface area contributed by atoms with Crippen LogP contribution in [0.3, 0.4) is 0 Å². The molecule has 4 nitrogen and oxygen atoms in total. The molecule has 0 aliphatic heterocycles. The Hall–Kier alpha value is -1.58. The molecule has 4 heteroatoms. The summed E-state index contributed by atoms with van der Waals surface area (Å²) in [7, 11) is 0. The zero-order chi connectivity index (χ0) is 12.8. The highest BCUT2D eigenvalue weighted by Gasteiger charge is 2.45. The quantitative estimate of drug-likeness (QED) is 0.899. The lowest BCUT2D eigenvalue weighted by atomic mass is 9.92. The number of hydrogen-bond acceptors (Lipinski definition) is 3. The second kappa shape index (κ2) is 3.97. The smallest absolute Gasteiger partial charge is 0.243 e. The number of rotatable bonds is 4. The van der Waals surface area contributed by atoms with Crippen molar-refractivity contribution in [2.75, 3.05) is 11.9 Å². The van der Waals surface area contributed by atoms with E-state index in [0.29, 0.717) is 5.41 Å². The van der Waals surface area contributed by atoms with Crippen molar-refractivity contribution in [2.24, 2.45) is 11.3 Å². The van der Waals surface area contributed by atoms with Crippen molar-refractivity contribution in [3.63, 3.8) is 0 Å². The van der Waals surface area contributed by atoms with Gasteiger partial charge in [0.25, 0.3) is 0 Å². The zero-order valence-electron chi connectivity index (χ0n) is 11.3. The van der Waals surface area contributed by atoms with Gasteiger partial charge in [0, 0.05) is 12.7 Å². The molecule has 1 aliphatic carbocycles. The molecule has 0 unspecified atom stereocenters. The Morgan fingerprint density at radius 3 is 2.83 bits per heavy atom. The van der Waals surface area contributed by atoms with Gasteiger partial charge in [0.2, 0.25) is 5.95 Å². The molecular formula is C14H20N4. The second-order valence-corrected chi connectivity index (χ2v) is 5.77. The molecule has 0 radical (unpaired) electrons. The van der Waals surface area contributed by atoms with Gasteiger partial charge in [-0.05, 0) is 42.7 Å². The Morgan fingerprint density at radius 2 is 2.22 bits per heavy atom. The normalized spacial score (nSPS) is 17.3. The van der Waals surface area contributed by atoms with Gasteiger partial charge in [0.1, 0.15) is 0 Å². The lowest BCUT2D eigenvalue weighted by Crippen LogP contribution is -2.21. The van der Waals surface area contributed by atoms with Crippen molar-refractivity contribution in [3.8, 4) is 0 Å². The summed E-state index contributed by atoms with van der Waals surface area (Å²) in [5.41, 5.74) is 2.57. The molecule has 1 N–H and O–H groups in total. The average molecular weight is 244 g/mol. The van der Waals surface area contributed by atoms with E-state index in [1.807, 2.05) is 16.8 Å². The van der Waals surface area contributed by atoms with Crippen molar-refractivity contribution in [1.82, 2.24) is 14.6 Å². The summed E-state index contributed by atoms with van der Waals surface area (Å²) in [6, 6.07) is 4.06. The topological polar surface area (TPSA) is 42.2 Å². The van der Waals surface area contributed by atoms with Crippen LogP contribution in [-0.2, 0) is 0 Å². The van der Waals surface area contributed by atoms with Gasteiger partial charge < -0.3 is 5.32 Å². The Bertz CT molecular complexity index is 566. The molecular weight excluding hydrogens is 224 g/mol. The average Bonchev–Trinajstić information content (AvgIpc) is 3.01. The van der Waals surface area contributed by atoms with Gasteiger partial charge in [-0.15, -0.1) is 5.10 Å². The third kappa shape index (κ3) is 1.85. The standard InChI is InChI=1S/C14H20N4/c1-10(2)14(6-7-14)9-15-13-16-12-11(3)5-4-8-18(12)17-13/h4-5,8,10H,6-7,9H2,1-3H3,(H,15,17). The fourth-order valence-electron chi connectivity index (χ4n) is 2.49. The van der Waals surface area contributed by atoms with Crippen molar-refractivity contribution < 1.29 is 0 Å². The van der Waals surface area contributed by atoms with Crippen LogP contribution in [0, 0.1) is 18.3 Å². The highest BCUT2D eigenvalue weighted by atomic mass is 15.3. The number of anilines is 1. The van der Waals surface area contributed by atoms with E-state index in [1.54, 1.807) is 0 Å². The number of aryl methyl sites for hydroxylation is 1. The van der Waals surface area contributed by atoms with E-state index in [0.717, 1.165) is 29.6 Å². The minimum absolute atomic E-state index is 0.479. The maximum atomic E-state index is 4.54. The number of aromatic nitrogens is 3. The molecule has 2 heterocycles. The first-order chi connectivity index (χ1) is 8.61. The Morgan fingerprint density at radius 1 is 1.44 bits per heavy atom. The Labute approximate surface area is 107 Å². The highest BCUT2D eigenvalue weighted by Crippen LogP contribution is 2.51. The van der Waals surface area contributed by atoms with Crippen molar-refractivity contribution in [1.29, 1.82) is 0 Å². The van der Waals surface area contributed by atoms with Crippen LogP contribution < -0.4 is 5.32 Å². The van der Waals surface area contributed by atoms with E-state index in [1.165, 1.54) is 12.8 Å². The summed E-state index contributed by atoms with van der Waals surface area (Å²) in [4.78, 5) is 4.54. The largest absolute Gasteiger partial charge is 0.352 e. The van der Waals surface area contributed by atoms with Crippen LogP contribution in [-0.4, -0.2) is 21.1 Å². The predicted octanol–water partition coefficient (Wildman–Crippen LogP) is 2.89. The Kier molecular flexibility index (Phi) is 2.54. The fraction of sp³-hybridized carbons (Fsp3) is 0.571. The lowest BCUT2D eigenvalue weighted by Gasteiger charge is -2.19. The van der Waals surface area contributed by atoms with Crippen molar-refractivity contribution in [2.45, 2.75) is 33.6 Å². The molecule has 96 valence electrons. The number of pyridine rings is 1. The SMILES string of the molecule is Cc1cccn2nc(NCC3(C(C)C)CC3)nc12. The van der Waals surface area contributed by atoms with E-state index < -0.39 is 0 Å². The molecule has 0 aromatic carbocycles. The van der Waals surface area contributed by atoms with Crippen LogP contribution in [0.2, 0.25) is 0 Å². The third-order valence-corrected chi connectivity index (χ3v) is 4.27. The minimum atomic E-state index is 0.479. The predicted molar refractivity (Wildman–Crippen MR) is 72.7 cm³/mol. The monoisotopic (exact) mass is 244 g/mol. The Balaban J connectivity index is 1.78. The minimum Gasteiger partial charge on any atom is -0.352 e. The van der Waals surface area contributed by atoms with Gasteiger partial charge >= 0.3 is 0 Å². The van der Waals surface area contributed by atoms with Crippen LogP contribution in [0.25, 0.3) is 5.65 Å². The number of fused-ring (bicyclic) bond motifs is 1. The van der Waals surface area contributed by atoms with E-state index >= 15 is 0 Å². The van der Waals surface area contributed by atoms with E-state index in [2.05, 4.69) is 42.2 Å². The summed E-state index contributed by atoms with van der Waals surface area (Å²) in [6.45, 7) is 7.65. The second-order valence-electron chi connectivity index (χ2n) is 5.77. The molecule has 0 bridgehead atoms. The highest BCUT2D eigenvalue weighted by molar-refractivity contribution is 5.49. The van der Waals surface area contributed by atoms with Gasteiger partial charge in [0.05, 0.1) is 0 Å². The molecule has 0 amide bonds. The molecule has 0 saturated heterocycles. The summed E-state index contributed by atoms with van der Waals surface area (Å²) >= 11 is 0. The molecule has 1 saturated carbocycles. The van der Waals surface area contributed by atoms with Crippen molar-refractivity contribution >= 4 is 11.6 Å². The molecule has 1 aliphatic rings. The van der Waals surface area contributed by atoms with E-state index in [-0.39, 0.29) is 0 Å².